The van der Waals surface area contributed by atoms with Gasteiger partial charge in [0.2, 0.25) is 0 Å². The summed E-state index contributed by atoms with van der Waals surface area (Å²) in [7, 11) is 0. The van der Waals surface area contributed by atoms with Crippen molar-refractivity contribution < 1.29 is 14.8 Å². The monoisotopic (exact) mass is 418 g/mol. The quantitative estimate of drug-likeness (QED) is 0.692. The summed E-state index contributed by atoms with van der Waals surface area (Å²) in [5, 5.41) is 12.5. The van der Waals surface area contributed by atoms with E-state index in [1.165, 1.54) is 4.90 Å². The number of hydrogen-bond donors (Lipinski definition) is 3. The molecule has 0 aliphatic carbocycles. The van der Waals surface area contributed by atoms with Gasteiger partial charge in [-0.15, -0.1) is 0 Å². The van der Waals surface area contributed by atoms with Crippen LogP contribution in [0.25, 0.3) is 0 Å². The Morgan fingerprint density at radius 1 is 1.15 bits per heavy atom. The van der Waals surface area contributed by atoms with Crippen LogP contribution in [0, 0.1) is 0 Å². The molecule has 3 N–H and O–H groups in total. The second kappa shape index (κ2) is 8.56. The fraction of sp³-hybridized carbons (Fsp3) is 0.350. The lowest BCUT2D eigenvalue weighted by Gasteiger charge is -2.33. The van der Waals surface area contributed by atoms with Crippen molar-refractivity contribution in [3.8, 4) is 5.75 Å². The number of carbonyl (C=O) groups excluding carboxylic acids is 1. The molecule has 3 rings (SSSR count). The Labute approximate surface area is 162 Å². The van der Waals surface area contributed by atoms with Crippen LogP contribution in [0.5, 0.6) is 5.75 Å². The van der Waals surface area contributed by atoms with Gasteiger partial charge < -0.3 is 20.2 Å². The first-order valence-electron chi connectivity index (χ1n) is 8.93. The van der Waals surface area contributed by atoms with Crippen molar-refractivity contribution in [1.82, 2.24) is 5.32 Å². The van der Waals surface area contributed by atoms with Crippen molar-refractivity contribution in [3.05, 3.63) is 58.6 Å². The van der Waals surface area contributed by atoms with Crippen LogP contribution in [0.4, 0.5) is 5.69 Å². The normalized spacial score (nSPS) is 16.3. The second-order valence-corrected chi connectivity index (χ2v) is 7.69. The van der Waals surface area contributed by atoms with Crippen molar-refractivity contribution in [3.63, 3.8) is 0 Å². The Kier molecular flexibility index (Phi) is 6.16. The van der Waals surface area contributed by atoms with Crippen LogP contribution in [0.2, 0.25) is 0 Å². The first kappa shape index (κ1) is 18.7. The standard InChI is InChI=1S/C20H24BrN3O2/c1-15(16-2-4-17(21)5-3-16)22-20(26)14-23-10-12-24(13-11-23)18-6-8-19(25)9-7-18/h2-9,15,25H,10-14H2,1H3,(H,22,26)/p+1/t15-/m0/s1. The number of rotatable bonds is 5. The van der Waals surface area contributed by atoms with E-state index in [9.17, 15) is 9.90 Å². The lowest BCUT2D eigenvalue weighted by Crippen LogP contribution is -3.15. The second-order valence-electron chi connectivity index (χ2n) is 6.77. The molecule has 1 aliphatic heterocycles. The third kappa shape index (κ3) is 4.99. The summed E-state index contributed by atoms with van der Waals surface area (Å²) in [6, 6.07) is 15.3. The van der Waals surface area contributed by atoms with Crippen molar-refractivity contribution in [1.29, 1.82) is 0 Å². The summed E-state index contributed by atoms with van der Waals surface area (Å²) in [6.45, 7) is 6.21. The van der Waals surface area contributed by atoms with Crippen molar-refractivity contribution in [2.75, 3.05) is 37.6 Å². The van der Waals surface area contributed by atoms with Gasteiger partial charge in [0.1, 0.15) is 5.75 Å². The van der Waals surface area contributed by atoms with Gasteiger partial charge in [-0.25, -0.2) is 0 Å². The minimum atomic E-state index is 0.00767. The van der Waals surface area contributed by atoms with Crippen LogP contribution in [0.15, 0.2) is 53.0 Å². The predicted octanol–water partition coefficient (Wildman–Crippen LogP) is 1.74. The van der Waals surface area contributed by atoms with E-state index in [1.807, 2.05) is 43.3 Å². The molecule has 0 bridgehead atoms. The number of amides is 1. The van der Waals surface area contributed by atoms with Crippen LogP contribution in [-0.2, 0) is 4.79 Å². The van der Waals surface area contributed by atoms with E-state index in [0.29, 0.717) is 6.54 Å². The summed E-state index contributed by atoms with van der Waals surface area (Å²) in [5.74, 6) is 0.378. The van der Waals surface area contributed by atoms with Crippen LogP contribution in [-0.4, -0.2) is 43.7 Å². The highest BCUT2D eigenvalue weighted by Gasteiger charge is 2.23. The molecule has 1 aliphatic rings. The maximum atomic E-state index is 12.4. The molecule has 2 aromatic carbocycles. The van der Waals surface area contributed by atoms with Gasteiger partial charge in [-0.2, -0.15) is 0 Å². The van der Waals surface area contributed by atoms with E-state index >= 15 is 0 Å². The Morgan fingerprint density at radius 2 is 1.77 bits per heavy atom. The van der Waals surface area contributed by atoms with Gasteiger partial charge in [0.25, 0.3) is 5.91 Å². The zero-order chi connectivity index (χ0) is 18.5. The smallest absolute Gasteiger partial charge is 0.275 e. The molecular formula is C20H25BrN3O2+. The number of carbonyl (C=O) groups is 1. The van der Waals surface area contributed by atoms with Crippen LogP contribution in [0.1, 0.15) is 18.5 Å². The average molecular weight is 419 g/mol. The Morgan fingerprint density at radius 3 is 2.38 bits per heavy atom. The molecule has 1 fully saturated rings. The third-order valence-corrected chi connectivity index (χ3v) is 5.37. The van der Waals surface area contributed by atoms with E-state index in [-0.39, 0.29) is 17.7 Å². The van der Waals surface area contributed by atoms with Crippen molar-refractivity contribution in [2.24, 2.45) is 0 Å². The summed E-state index contributed by atoms with van der Waals surface area (Å²) in [6.07, 6.45) is 0. The molecule has 0 aromatic heterocycles. The minimum Gasteiger partial charge on any atom is -0.508 e. The molecule has 0 saturated carbocycles. The molecule has 6 heteroatoms. The fourth-order valence-electron chi connectivity index (χ4n) is 3.28. The van der Waals surface area contributed by atoms with E-state index in [0.717, 1.165) is 41.9 Å². The SMILES string of the molecule is C[C@H](NC(=O)C[NH+]1CCN(c2ccc(O)cc2)CC1)c1ccc(Br)cc1. The molecule has 1 amide bonds. The first-order chi connectivity index (χ1) is 12.5. The molecule has 0 radical (unpaired) electrons. The van der Waals surface area contributed by atoms with E-state index in [1.54, 1.807) is 12.1 Å². The Balaban J connectivity index is 1.45. The van der Waals surface area contributed by atoms with Crippen LogP contribution in [0.3, 0.4) is 0 Å². The molecule has 26 heavy (non-hydrogen) atoms. The summed E-state index contributed by atoms with van der Waals surface area (Å²) < 4.78 is 1.04. The number of aromatic hydroxyl groups is 1. The van der Waals surface area contributed by atoms with E-state index in [4.69, 9.17) is 0 Å². The van der Waals surface area contributed by atoms with Gasteiger partial charge in [0, 0.05) is 10.2 Å². The Hall–Kier alpha value is -2.05. The van der Waals surface area contributed by atoms with Gasteiger partial charge in [-0.05, 0) is 48.9 Å². The number of benzene rings is 2. The Bertz CT molecular complexity index is 726. The lowest BCUT2D eigenvalue weighted by atomic mass is 10.1. The molecule has 5 nitrogen and oxygen atoms in total. The van der Waals surface area contributed by atoms with Gasteiger partial charge in [-0.1, -0.05) is 28.1 Å². The van der Waals surface area contributed by atoms with Gasteiger partial charge >= 0.3 is 0 Å². The summed E-state index contributed by atoms with van der Waals surface area (Å²) in [4.78, 5) is 16.0. The predicted molar refractivity (Wildman–Crippen MR) is 107 cm³/mol. The number of halogens is 1. The van der Waals surface area contributed by atoms with Crippen LogP contribution >= 0.6 is 15.9 Å². The van der Waals surface area contributed by atoms with Gasteiger partial charge in [-0.3, -0.25) is 4.79 Å². The third-order valence-electron chi connectivity index (χ3n) is 4.84. The molecule has 1 saturated heterocycles. The maximum Gasteiger partial charge on any atom is 0.275 e. The number of piperazine rings is 1. The zero-order valence-electron chi connectivity index (χ0n) is 14.9. The minimum absolute atomic E-state index is 0.00767. The largest absolute Gasteiger partial charge is 0.508 e. The molecule has 0 unspecified atom stereocenters. The maximum absolute atomic E-state index is 12.4. The summed E-state index contributed by atoms with van der Waals surface area (Å²) >= 11 is 3.43. The lowest BCUT2D eigenvalue weighted by molar-refractivity contribution is -0.892. The molecule has 0 spiro atoms. The van der Waals surface area contributed by atoms with Gasteiger partial charge in [0.05, 0.1) is 32.2 Å². The van der Waals surface area contributed by atoms with Crippen LogP contribution < -0.4 is 15.1 Å². The number of quaternary nitrogens is 1. The van der Waals surface area contributed by atoms with E-state index in [2.05, 4.69) is 26.1 Å². The van der Waals surface area contributed by atoms with Crippen molar-refractivity contribution in [2.45, 2.75) is 13.0 Å². The topological polar surface area (TPSA) is 57.0 Å². The number of nitrogens with one attached hydrogen (secondary N) is 2. The van der Waals surface area contributed by atoms with Crippen molar-refractivity contribution >= 4 is 27.5 Å². The summed E-state index contributed by atoms with van der Waals surface area (Å²) in [5.41, 5.74) is 2.23. The molecule has 1 atom stereocenters. The van der Waals surface area contributed by atoms with Gasteiger partial charge in [0.15, 0.2) is 6.54 Å². The average Bonchev–Trinajstić information content (AvgIpc) is 2.63. The first-order valence-corrected chi connectivity index (χ1v) is 9.73. The number of phenols is 1. The fourth-order valence-corrected chi connectivity index (χ4v) is 3.54. The zero-order valence-corrected chi connectivity index (χ0v) is 16.5. The highest BCUT2D eigenvalue weighted by atomic mass is 79.9. The highest BCUT2D eigenvalue weighted by molar-refractivity contribution is 9.10. The van der Waals surface area contributed by atoms with E-state index < -0.39 is 0 Å². The molecule has 1 heterocycles. The number of hydrogen-bond acceptors (Lipinski definition) is 3. The molecule has 2 aromatic rings. The highest BCUT2D eigenvalue weighted by Crippen LogP contribution is 2.18. The number of nitrogens with zero attached hydrogens (tertiary/aromatic N) is 1. The number of phenolic OH excluding ortho intramolecular Hbond substituents is 1. The molecule has 138 valence electrons. The number of anilines is 1. The molecular weight excluding hydrogens is 394 g/mol.